The Balaban J connectivity index is 3.26. The Hall–Kier alpha value is -1.84. The van der Waals surface area contributed by atoms with E-state index in [-0.39, 0.29) is 0 Å². The van der Waals surface area contributed by atoms with E-state index in [2.05, 4.69) is 0 Å². The summed E-state index contributed by atoms with van der Waals surface area (Å²) in [5.74, 6) is -2.88. The molecule has 2 nitrogen and oxygen atoms in total. The fraction of sp³-hybridized carbons (Fsp3) is 0.417. The molecule has 0 saturated heterocycles. The van der Waals surface area contributed by atoms with Crippen LogP contribution >= 0.6 is 0 Å². The van der Waals surface area contributed by atoms with Crippen molar-refractivity contribution < 1.29 is 22.0 Å². The topological polar surface area (TPSA) is 27.0 Å². The number of nitrogens with zero attached hydrogens (tertiary/aromatic N) is 2. The van der Waals surface area contributed by atoms with Crippen molar-refractivity contribution in [3.63, 3.8) is 0 Å². The van der Waals surface area contributed by atoms with Gasteiger partial charge in [0, 0.05) is 6.04 Å². The third-order valence-electron chi connectivity index (χ3n) is 2.46. The molecule has 19 heavy (non-hydrogen) atoms. The van der Waals surface area contributed by atoms with E-state index >= 15 is 0 Å². The number of anilines is 1. The molecular formula is C12H11F5N2. The fourth-order valence-corrected chi connectivity index (χ4v) is 1.59. The molecule has 0 aliphatic rings. The van der Waals surface area contributed by atoms with Crippen LogP contribution in [-0.2, 0) is 0 Å². The highest BCUT2D eigenvalue weighted by Gasteiger charge is 2.33. The van der Waals surface area contributed by atoms with E-state index in [1.54, 1.807) is 0 Å². The standard InChI is InChI=1S/C12H11F5N2/c1-7(2)19(6-12(15,16)17)9-4-3-8(5-18)10(13)11(9)14/h3-4,7H,6H2,1-2H3. The Bertz CT molecular complexity index is 502. The highest BCUT2D eigenvalue weighted by molar-refractivity contribution is 5.52. The number of hydrogen-bond acceptors (Lipinski definition) is 2. The van der Waals surface area contributed by atoms with E-state index in [9.17, 15) is 22.0 Å². The zero-order valence-corrected chi connectivity index (χ0v) is 10.2. The molecule has 0 N–H and O–H groups in total. The Morgan fingerprint density at radius 1 is 1.21 bits per heavy atom. The summed E-state index contributed by atoms with van der Waals surface area (Å²) in [7, 11) is 0. The molecule has 0 bridgehead atoms. The van der Waals surface area contributed by atoms with Gasteiger partial charge in [-0.25, -0.2) is 8.78 Å². The zero-order valence-electron chi connectivity index (χ0n) is 10.2. The maximum atomic E-state index is 13.7. The first-order chi connectivity index (χ1) is 8.67. The molecule has 0 unspecified atom stereocenters. The van der Waals surface area contributed by atoms with Crippen molar-refractivity contribution in [2.45, 2.75) is 26.1 Å². The Morgan fingerprint density at radius 3 is 2.21 bits per heavy atom. The van der Waals surface area contributed by atoms with E-state index < -0.39 is 41.6 Å². The highest BCUT2D eigenvalue weighted by atomic mass is 19.4. The number of halogens is 5. The monoisotopic (exact) mass is 278 g/mol. The smallest absolute Gasteiger partial charge is 0.358 e. The molecular weight excluding hydrogens is 267 g/mol. The first-order valence-electron chi connectivity index (χ1n) is 5.39. The Morgan fingerprint density at radius 2 is 1.79 bits per heavy atom. The van der Waals surface area contributed by atoms with Gasteiger partial charge in [-0.05, 0) is 26.0 Å². The molecule has 1 aromatic rings. The lowest BCUT2D eigenvalue weighted by Crippen LogP contribution is -2.39. The molecule has 0 aliphatic carbocycles. The molecule has 0 atom stereocenters. The summed E-state index contributed by atoms with van der Waals surface area (Å²) in [5.41, 5.74) is -1.05. The predicted molar refractivity (Wildman–Crippen MR) is 59.6 cm³/mol. The van der Waals surface area contributed by atoms with Crippen LogP contribution in [0.2, 0.25) is 0 Å². The van der Waals surface area contributed by atoms with Gasteiger partial charge in [-0.3, -0.25) is 0 Å². The normalized spacial score (nSPS) is 11.5. The van der Waals surface area contributed by atoms with Gasteiger partial charge in [0.05, 0.1) is 11.3 Å². The van der Waals surface area contributed by atoms with Crippen molar-refractivity contribution in [3.8, 4) is 6.07 Å². The van der Waals surface area contributed by atoms with E-state index in [1.807, 2.05) is 0 Å². The van der Waals surface area contributed by atoms with Gasteiger partial charge in [-0.15, -0.1) is 0 Å². The summed E-state index contributed by atoms with van der Waals surface area (Å²) >= 11 is 0. The minimum absolute atomic E-state index is 0.510. The lowest BCUT2D eigenvalue weighted by Gasteiger charge is -2.30. The quantitative estimate of drug-likeness (QED) is 0.790. The third kappa shape index (κ3) is 3.56. The van der Waals surface area contributed by atoms with Crippen LogP contribution < -0.4 is 4.90 Å². The van der Waals surface area contributed by atoms with Crippen LogP contribution in [0.3, 0.4) is 0 Å². The van der Waals surface area contributed by atoms with Crippen molar-refractivity contribution in [1.29, 1.82) is 5.26 Å². The van der Waals surface area contributed by atoms with E-state index in [0.717, 1.165) is 12.1 Å². The molecule has 104 valence electrons. The summed E-state index contributed by atoms with van der Waals surface area (Å²) in [5, 5.41) is 8.52. The maximum Gasteiger partial charge on any atom is 0.405 e. The molecule has 0 aromatic heterocycles. The number of nitriles is 1. The van der Waals surface area contributed by atoms with Crippen LogP contribution in [0.4, 0.5) is 27.6 Å². The lowest BCUT2D eigenvalue weighted by atomic mass is 10.1. The second-order valence-electron chi connectivity index (χ2n) is 4.21. The Labute approximate surface area is 107 Å². The second kappa shape index (κ2) is 5.43. The van der Waals surface area contributed by atoms with Crippen molar-refractivity contribution in [2.24, 2.45) is 0 Å². The number of alkyl halides is 3. The van der Waals surface area contributed by atoms with Crippen LogP contribution in [-0.4, -0.2) is 18.8 Å². The van der Waals surface area contributed by atoms with Gasteiger partial charge >= 0.3 is 6.18 Å². The third-order valence-corrected chi connectivity index (χ3v) is 2.46. The largest absolute Gasteiger partial charge is 0.405 e. The minimum Gasteiger partial charge on any atom is -0.358 e. The van der Waals surface area contributed by atoms with Gasteiger partial charge in [-0.2, -0.15) is 18.4 Å². The average Bonchev–Trinajstić information content (AvgIpc) is 2.28. The molecule has 0 saturated carbocycles. The summed E-state index contributed by atoms with van der Waals surface area (Å²) in [6.07, 6.45) is -4.54. The zero-order chi connectivity index (χ0) is 14.8. The first-order valence-corrected chi connectivity index (χ1v) is 5.39. The highest BCUT2D eigenvalue weighted by Crippen LogP contribution is 2.28. The predicted octanol–water partition coefficient (Wildman–Crippen LogP) is 3.61. The van der Waals surface area contributed by atoms with Crippen LogP contribution in [0.1, 0.15) is 19.4 Å². The Kier molecular flexibility index (Phi) is 4.35. The number of rotatable bonds is 3. The summed E-state index contributed by atoms with van der Waals surface area (Å²) in [4.78, 5) is 0.694. The molecule has 0 radical (unpaired) electrons. The van der Waals surface area contributed by atoms with Gasteiger partial charge in [0.1, 0.15) is 12.6 Å². The minimum atomic E-state index is -4.54. The van der Waals surface area contributed by atoms with Gasteiger partial charge in [0.25, 0.3) is 0 Å². The van der Waals surface area contributed by atoms with E-state index in [4.69, 9.17) is 5.26 Å². The fourth-order valence-electron chi connectivity index (χ4n) is 1.59. The van der Waals surface area contributed by atoms with Crippen molar-refractivity contribution >= 4 is 5.69 Å². The van der Waals surface area contributed by atoms with E-state index in [1.165, 1.54) is 19.9 Å². The lowest BCUT2D eigenvalue weighted by molar-refractivity contribution is -0.120. The van der Waals surface area contributed by atoms with Crippen molar-refractivity contribution in [1.82, 2.24) is 0 Å². The molecule has 0 aliphatic heterocycles. The summed E-state index contributed by atoms with van der Waals surface area (Å²) in [6.45, 7) is 1.47. The van der Waals surface area contributed by atoms with Crippen molar-refractivity contribution in [2.75, 3.05) is 11.4 Å². The molecule has 0 spiro atoms. The first kappa shape index (κ1) is 15.2. The van der Waals surface area contributed by atoms with Gasteiger partial charge in [-0.1, -0.05) is 0 Å². The van der Waals surface area contributed by atoms with Crippen LogP contribution in [0.15, 0.2) is 12.1 Å². The molecule has 0 amide bonds. The number of hydrogen-bond donors (Lipinski definition) is 0. The van der Waals surface area contributed by atoms with Crippen LogP contribution in [0.5, 0.6) is 0 Å². The van der Waals surface area contributed by atoms with Gasteiger partial charge in [0.2, 0.25) is 0 Å². The molecule has 0 fully saturated rings. The van der Waals surface area contributed by atoms with Crippen LogP contribution in [0.25, 0.3) is 0 Å². The van der Waals surface area contributed by atoms with E-state index in [0.29, 0.717) is 4.90 Å². The SMILES string of the molecule is CC(C)N(CC(F)(F)F)c1ccc(C#N)c(F)c1F. The van der Waals surface area contributed by atoms with Crippen LogP contribution in [0, 0.1) is 23.0 Å². The molecule has 1 aromatic carbocycles. The number of benzene rings is 1. The molecule has 7 heteroatoms. The maximum absolute atomic E-state index is 13.7. The molecule has 0 heterocycles. The molecule has 1 rings (SSSR count). The summed E-state index contributed by atoms with van der Waals surface area (Å²) in [6, 6.07) is 2.68. The van der Waals surface area contributed by atoms with Gasteiger partial charge in [0.15, 0.2) is 11.6 Å². The van der Waals surface area contributed by atoms with Crippen molar-refractivity contribution in [3.05, 3.63) is 29.3 Å². The second-order valence-corrected chi connectivity index (χ2v) is 4.21. The average molecular weight is 278 g/mol. The van der Waals surface area contributed by atoms with Gasteiger partial charge < -0.3 is 4.90 Å². The summed E-state index contributed by atoms with van der Waals surface area (Å²) < 4.78 is 64.4.